The first-order valence-corrected chi connectivity index (χ1v) is 10.7. The van der Waals surface area contributed by atoms with Crippen molar-refractivity contribution in [2.75, 3.05) is 12.4 Å². The number of benzene rings is 1. The van der Waals surface area contributed by atoms with E-state index in [4.69, 9.17) is 4.74 Å². The summed E-state index contributed by atoms with van der Waals surface area (Å²) in [6.07, 6.45) is -0.283. The number of nitrogens with one attached hydrogen (secondary N) is 1. The van der Waals surface area contributed by atoms with Gasteiger partial charge in [0.1, 0.15) is 18.5 Å². The summed E-state index contributed by atoms with van der Waals surface area (Å²) in [5, 5.41) is 21.6. The second-order valence-electron chi connectivity index (χ2n) is 6.93. The number of hydrogen-bond donors (Lipinski definition) is 2. The summed E-state index contributed by atoms with van der Waals surface area (Å²) in [5.74, 6) is -0.438. The Hall–Kier alpha value is -3.05. The van der Waals surface area contributed by atoms with Gasteiger partial charge in [-0.05, 0) is 30.5 Å². The Balaban J connectivity index is 1.83. The van der Waals surface area contributed by atoms with Gasteiger partial charge in [-0.2, -0.15) is 0 Å². The maximum atomic E-state index is 12.4. The molecule has 0 fully saturated rings. The van der Waals surface area contributed by atoms with Gasteiger partial charge in [0.05, 0.1) is 6.54 Å². The largest absolute Gasteiger partial charge is 0.550 e. The number of ether oxygens (including phenoxy) is 1. The molecule has 0 saturated heterocycles. The van der Waals surface area contributed by atoms with Crippen LogP contribution < -0.4 is 21.1 Å². The molecular weight excluding hydrogens is 424 g/mol. The van der Waals surface area contributed by atoms with E-state index in [1.54, 1.807) is 0 Å². The van der Waals surface area contributed by atoms with Crippen molar-refractivity contribution in [1.29, 1.82) is 0 Å². The van der Waals surface area contributed by atoms with Gasteiger partial charge in [-0.1, -0.05) is 30.8 Å². The summed E-state index contributed by atoms with van der Waals surface area (Å²) >= 11 is 1.10. The lowest BCUT2D eigenvalue weighted by Crippen LogP contribution is -2.30. The van der Waals surface area contributed by atoms with Crippen molar-refractivity contribution in [2.45, 2.75) is 37.6 Å². The number of carboxylic acids is 1. The highest BCUT2D eigenvalue weighted by molar-refractivity contribution is 7.99. The summed E-state index contributed by atoms with van der Waals surface area (Å²) < 4.78 is 8.30. The summed E-state index contributed by atoms with van der Waals surface area (Å²) in [6, 6.07) is 7.52. The van der Waals surface area contributed by atoms with Crippen LogP contribution in [0, 0.1) is 0 Å². The fourth-order valence-corrected chi connectivity index (χ4v) is 3.92. The number of hydrogen-bond acceptors (Lipinski definition) is 8. The first-order valence-electron chi connectivity index (χ1n) is 9.72. The number of aryl methyl sites for hydroxylation is 2. The average molecular weight is 447 g/mol. The quantitative estimate of drug-likeness (QED) is 0.402. The number of fused-ring (bicyclic) bond motifs is 1. The maximum absolute atomic E-state index is 12.4. The Morgan fingerprint density at radius 2 is 2.03 bits per heavy atom. The van der Waals surface area contributed by atoms with Crippen molar-refractivity contribution in [2.24, 2.45) is 7.05 Å². The third-order valence-corrected chi connectivity index (χ3v) is 5.65. The highest BCUT2D eigenvalue weighted by Gasteiger charge is 2.20. The van der Waals surface area contributed by atoms with E-state index in [1.165, 1.54) is 21.7 Å². The van der Waals surface area contributed by atoms with Crippen molar-refractivity contribution < 1.29 is 19.7 Å². The minimum Gasteiger partial charge on any atom is -0.550 e. The van der Waals surface area contributed by atoms with Crippen LogP contribution in [-0.4, -0.2) is 48.6 Å². The van der Waals surface area contributed by atoms with Crippen LogP contribution in [0.2, 0.25) is 0 Å². The number of aliphatic carboxylic acids is 1. The molecule has 2 N–H and O–H groups in total. The lowest BCUT2D eigenvalue weighted by atomic mass is 10.2. The number of aromatic amines is 1. The fourth-order valence-electron chi connectivity index (χ4n) is 3.00. The molecule has 0 radical (unpaired) electrons. The van der Waals surface area contributed by atoms with Crippen LogP contribution in [0.15, 0.2) is 39.0 Å². The first-order chi connectivity index (χ1) is 14.8. The molecule has 0 aliphatic carbocycles. The molecule has 31 heavy (non-hydrogen) atoms. The van der Waals surface area contributed by atoms with Crippen LogP contribution >= 0.6 is 11.8 Å². The number of aliphatic hydroxyl groups is 1. The number of aliphatic hydroxyl groups excluding tert-OH is 1. The van der Waals surface area contributed by atoms with Crippen molar-refractivity contribution in [3.05, 3.63) is 50.7 Å². The van der Waals surface area contributed by atoms with E-state index in [9.17, 15) is 24.6 Å². The second-order valence-corrected chi connectivity index (χ2v) is 7.99. The monoisotopic (exact) mass is 447 g/mol. The van der Waals surface area contributed by atoms with Crippen LogP contribution in [-0.2, 0) is 24.8 Å². The molecule has 11 heteroatoms. The molecule has 0 spiro atoms. The van der Waals surface area contributed by atoms with Gasteiger partial charge in [-0.3, -0.25) is 14.3 Å². The third-order valence-electron chi connectivity index (χ3n) is 4.68. The number of carbonyl (C=O) groups excluding carboxylic acids is 1. The molecule has 3 aromatic rings. The van der Waals surface area contributed by atoms with E-state index in [0.29, 0.717) is 10.9 Å². The van der Waals surface area contributed by atoms with Crippen LogP contribution in [0.5, 0.6) is 5.75 Å². The fraction of sp³-hybridized carbons (Fsp3) is 0.400. The molecule has 166 valence electrons. The zero-order chi connectivity index (χ0) is 22.5. The predicted molar refractivity (Wildman–Crippen MR) is 113 cm³/mol. The third kappa shape index (κ3) is 5.36. The number of rotatable bonds is 10. The van der Waals surface area contributed by atoms with Gasteiger partial charge >= 0.3 is 5.69 Å². The Morgan fingerprint density at radius 1 is 1.32 bits per heavy atom. The summed E-state index contributed by atoms with van der Waals surface area (Å²) in [5.41, 5.74) is 0.173. The lowest BCUT2D eigenvalue weighted by Gasteiger charge is -2.15. The highest BCUT2D eigenvalue weighted by Crippen LogP contribution is 2.23. The number of carbonyl (C=O) groups is 1. The molecule has 3 rings (SSSR count). The minimum atomic E-state index is -1.21. The SMILES string of the molecule is CCc1ccc(OC[C@@H](O)Cn2c(SCCC(=O)[O-])nc3c2c(=O)[nH]c(=O)n3C)cc1. The number of nitrogens with zero attached hydrogens (tertiary/aromatic N) is 3. The molecule has 10 nitrogen and oxygen atoms in total. The Kier molecular flexibility index (Phi) is 7.18. The normalized spacial score (nSPS) is 12.2. The van der Waals surface area contributed by atoms with Crippen molar-refractivity contribution in [3.8, 4) is 5.75 Å². The topological polar surface area (TPSA) is 142 Å². The van der Waals surface area contributed by atoms with Crippen LogP contribution in [0.1, 0.15) is 18.9 Å². The predicted octanol–water partition coefficient (Wildman–Crippen LogP) is -0.342. The number of aromatic nitrogens is 4. The summed E-state index contributed by atoms with van der Waals surface area (Å²) in [6.45, 7) is 1.99. The standard InChI is InChI=1S/C20H24N4O6S/c1-3-12-4-6-14(7-5-12)30-11-13(25)10-24-16-17(23(2)19(29)22-18(16)28)21-20(24)31-9-8-15(26)27/h4-7,13,25H,3,8-11H2,1-2H3,(H,26,27)(H,22,28,29)/p-1/t13-/m0/s1. The Bertz CT molecular complexity index is 1180. The molecule has 0 saturated carbocycles. The number of thioether (sulfide) groups is 1. The van der Waals surface area contributed by atoms with E-state index < -0.39 is 23.3 Å². The zero-order valence-electron chi connectivity index (χ0n) is 17.2. The summed E-state index contributed by atoms with van der Waals surface area (Å²) in [7, 11) is 1.47. The van der Waals surface area contributed by atoms with Crippen molar-refractivity contribution in [1.82, 2.24) is 19.1 Å². The molecule has 1 atom stereocenters. The van der Waals surface area contributed by atoms with E-state index >= 15 is 0 Å². The number of H-pyrrole nitrogens is 1. The van der Waals surface area contributed by atoms with Gasteiger partial charge in [-0.15, -0.1) is 0 Å². The second kappa shape index (κ2) is 9.84. The maximum Gasteiger partial charge on any atom is 0.329 e. The Morgan fingerprint density at radius 3 is 2.68 bits per heavy atom. The first kappa shape index (κ1) is 22.6. The van der Waals surface area contributed by atoms with E-state index in [1.807, 2.05) is 24.3 Å². The van der Waals surface area contributed by atoms with Crippen molar-refractivity contribution >= 4 is 28.9 Å². The minimum absolute atomic E-state index is 0.0293. The molecule has 2 heterocycles. The van der Waals surface area contributed by atoms with Crippen LogP contribution in [0.3, 0.4) is 0 Å². The van der Waals surface area contributed by atoms with Gasteiger partial charge in [0.25, 0.3) is 5.56 Å². The molecular formula is C20H23N4O6S-. The van der Waals surface area contributed by atoms with E-state index in [2.05, 4.69) is 16.9 Å². The lowest BCUT2D eigenvalue weighted by molar-refractivity contribution is -0.305. The molecule has 2 aromatic heterocycles. The molecule has 0 amide bonds. The highest BCUT2D eigenvalue weighted by atomic mass is 32.2. The van der Waals surface area contributed by atoms with Crippen LogP contribution in [0.4, 0.5) is 0 Å². The molecule has 0 unspecified atom stereocenters. The van der Waals surface area contributed by atoms with Gasteiger partial charge in [0.15, 0.2) is 16.3 Å². The van der Waals surface area contributed by atoms with Gasteiger partial charge in [0, 0.05) is 18.8 Å². The van der Waals surface area contributed by atoms with Crippen molar-refractivity contribution in [3.63, 3.8) is 0 Å². The molecule has 0 aliphatic rings. The van der Waals surface area contributed by atoms with Gasteiger partial charge < -0.3 is 24.3 Å². The Labute approximate surface area is 181 Å². The van der Waals surface area contributed by atoms with E-state index in [-0.39, 0.29) is 36.5 Å². The summed E-state index contributed by atoms with van der Waals surface area (Å²) in [4.78, 5) is 41.6. The number of imidazole rings is 1. The van der Waals surface area contributed by atoms with Gasteiger partial charge in [-0.25, -0.2) is 9.78 Å². The van der Waals surface area contributed by atoms with E-state index in [0.717, 1.165) is 18.2 Å². The number of carboxylic acid groups (broad SMARTS) is 1. The molecule has 0 aliphatic heterocycles. The average Bonchev–Trinajstić information content (AvgIpc) is 3.09. The zero-order valence-corrected chi connectivity index (χ0v) is 18.0. The smallest absolute Gasteiger partial charge is 0.329 e. The van der Waals surface area contributed by atoms with Crippen LogP contribution in [0.25, 0.3) is 11.2 Å². The van der Waals surface area contributed by atoms with Gasteiger partial charge in [0.2, 0.25) is 0 Å². The molecule has 1 aromatic carbocycles. The molecule has 0 bridgehead atoms.